The molecule has 0 saturated carbocycles. The van der Waals surface area contributed by atoms with Gasteiger partial charge in [-0.15, -0.1) is 0 Å². The number of benzene rings is 1. The molecular weight excluding hydrogens is 359 g/mol. The van der Waals surface area contributed by atoms with Gasteiger partial charge >= 0.3 is 6.18 Å². The van der Waals surface area contributed by atoms with Gasteiger partial charge in [0.2, 0.25) is 5.88 Å². The summed E-state index contributed by atoms with van der Waals surface area (Å²) >= 11 is 0. The zero-order valence-corrected chi connectivity index (χ0v) is 15.8. The number of hydrogen-bond donors (Lipinski definition) is 1. The highest BCUT2D eigenvalue weighted by atomic mass is 19.4. The highest BCUT2D eigenvalue weighted by Crippen LogP contribution is 2.39. The molecule has 0 bridgehead atoms. The second kappa shape index (κ2) is 8.12. The van der Waals surface area contributed by atoms with E-state index in [1.54, 1.807) is 6.92 Å². The van der Waals surface area contributed by atoms with E-state index in [-0.39, 0.29) is 23.8 Å². The predicted octanol–water partition coefficient (Wildman–Crippen LogP) is 4.31. The van der Waals surface area contributed by atoms with Gasteiger partial charge in [-0.25, -0.2) is 9.97 Å². The summed E-state index contributed by atoms with van der Waals surface area (Å²) in [7, 11) is 1.42. The van der Waals surface area contributed by atoms with E-state index in [1.165, 1.54) is 31.6 Å². The molecule has 0 amide bonds. The first-order chi connectivity index (χ1) is 12.5. The highest BCUT2D eigenvalue weighted by molar-refractivity contribution is 5.63. The Morgan fingerprint density at radius 3 is 2.44 bits per heavy atom. The maximum atomic E-state index is 13.6. The van der Waals surface area contributed by atoms with E-state index in [2.05, 4.69) is 9.97 Å². The lowest BCUT2D eigenvalue weighted by Crippen LogP contribution is -2.43. The van der Waals surface area contributed by atoms with Crippen molar-refractivity contribution >= 4 is 0 Å². The Kier molecular flexibility index (Phi) is 6.30. The Morgan fingerprint density at radius 1 is 1.15 bits per heavy atom. The van der Waals surface area contributed by atoms with Crippen molar-refractivity contribution in [3.63, 3.8) is 0 Å². The first kappa shape index (κ1) is 21.0. The maximum Gasteiger partial charge on any atom is 0.419 e. The van der Waals surface area contributed by atoms with Crippen LogP contribution in [0.5, 0.6) is 11.6 Å². The molecule has 2 N–H and O–H groups in total. The Hall–Kier alpha value is -2.35. The quantitative estimate of drug-likeness (QED) is 0.771. The van der Waals surface area contributed by atoms with Crippen LogP contribution in [0.4, 0.5) is 13.2 Å². The fourth-order valence-electron chi connectivity index (χ4n) is 2.88. The second-order valence-electron chi connectivity index (χ2n) is 7.19. The molecule has 0 saturated heterocycles. The summed E-state index contributed by atoms with van der Waals surface area (Å²) in [5, 5.41) is 0. The largest absolute Gasteiger partial charge is 0.491 e. The predicted molar refractivity (Wildman–Crippen MR) is 96.6 cm³/mol. The zero-order chi connectivity index (χ0) is 20.2. The van der Waals surface area contributed by atoms with Crippen molar-refractivity contribution in [1.82, 2.24) is 9.97 Å². The van der Waals surface area contributed by atoms with Crippen LogP contribution in [-0.4, -0.2) is 29.2 Å². The number of aromatic nitrogens is 2. The second-order valence-corrected chi connectivity index (χ2v) is 7.19. The van der Waals surface area contributed by atoms with Crippen LogP contribution in [0.1, 0.15) is 32.8 Å². The van der Waals surface area contributed by atoms with Gasteiger partial charge in [-0.05, 0) is 37.5 Å². The van der Waals surface area contributed by atoms with E-state index in [0.29, 0.717) is 18.0 Å². The number of halogens is 3. The molecule has 1 aromatic heterocycles. The van der Waals surface area contributed by atoms with Crippen LogP contribution in [0.25, 0.3) is 11.3 Å². The Morgan fingerprint density at radius 2 is 1.85 bits per heavy atom. The number of rotatable bonds is 7. The molecule has 0 spiro atoms. The van der Waals surface area contributed by atoms with E-state index in [0.717, 1.165) is 6.07 Å². The summed E-state index contributed by atoms with van der Waals surface area (Å²) in [6, 6.07) is 5.28. The van der Waals surface area contributed by atoms with Gasteiger partial charge in [-0.1, -0.05) is 13.8 Å². The fourth-order valence-corrected chi connectivity index (χ4v) is 2.88. The molecule has 27 heavy (non-hydrogen) atoms. The van der Waals surface area contributed by atoms with Crippen LogP contribution >= 0.6 is 0 Å². The number of hydrogen-bond acceptors (Lipinski definition) is 5. The van der Waals surface area contributed by atoms with Crippen LogP contribution in [0, 0.1) is 5.92 Å². The SMILES string of the molecule is COc1cc(-c2ccc(OC[C@@](C)(N)CC(C)C)c(C(F)(F)F)c2)ncn1. The third kappa shape index (κ3) is 5.82. The minimum atomic E-state index is -4.58. The lowest BCUT2D eigenvalue weighted by Gasteiger charge is -2.27. The van der Waals surface area contributed by atoms with Gasteiger partial charge in [-0.3, -0.25) is 0 Å². The fraction of sp³-hybridized carbons (Fsp3) is 0.474. The molecule has 0 unspecified atom stereocenters. The van der Waals surface area contributed by atoms with Crippen molar-refractivity contribution in [3.05, 3.63) is 36.2 Å². The van der Waals surface area contributed by atoms with E-state index in [9.17, 15) is 13.2 Å². The molecule has 0 aliphatic carbocycles. The molecule has 2 aromatic rings. The van der Waals surface area contributed by atoms with Crippen molar-refractivity contribution in [2.45, 2.75) is 38.9 Å². The van der Waals surface area contributed by atoms with Gasteiger partial charge in [0, 0.05) is 17.2 Å². The minimum absolute atomic E-state index is 0.0189. The molecule has 8 heteroatoms. The molecule has 0 fully saturated rings. The summed E-state index contributed by atoms with van der Waals surface area (Å²) in [6.45, 7) is 5.74. The smallest absolute Gasteiger partial charge is 0.419 e. The Labute approximate surface area is 156 Å². The summed E-state index contributed by atoms with van der Waals surface area (Å²) in [5.41, 5.74) is 5.14. The highest BCUT2D eigenvalue weighted by Gasteiger charge is 2.35. The monoisotopic (exact) mass is 383 g/mol. The number of ether oxygens (including phenoxy) is 2. The molecular formula is C19H24F3N3O2. The van der Waals surface area contributed by atoms with E-state index >= 15 is 0 Å². The van der Waals surface area contributed by atoms with Crippen molar-refractivity contribution in [1.29, 1.82) is 0 Å². The average Bonchev–Trinajstić information content (AvgIpc) is 2.58. The molecule has 148 valence electrons. The van der Waals surface area contributed by atoms with Crippen molar-refractivity contribution in [2.75, 3.05) is 13.7 Å². The summed E-state index contributed by atoms with van der Waals surface area (Å²) in [4.78, 5) is 7.87. The lowest BCUT2D eigenvalue weighted by molar-refractivity contribution is -0.139. The summed E-state index contributed by atoms with van der Waals surface area (Å²) < 4.78 is 51.1. The average molecular weight is 383 g/mol. The number of alkyl halides is 3. The molecule has 1 aromatic carbocycles. The first-order valence-electron chi connectivity index (χ1n) is 8.51. The topological polar surface area (TPSA) is 70.3 Å². The number of nitrogens with two attached hydrogens (primary N) is 1. The van der Waals surface area contributed by atoms with Crippen LogP contribution in [0.2, 0.25) is 0 Å². The zero-order valence-electron chi connectivity index (χ0n) is 15.8. The van der Waals surface area contributed by atoms with E-state index in [4.69, 9.17) is 15.2 Å². The van der Waals surface area contributed by atoms with Crippen LogP contribution in [0.15, 0.2) is 30.6 Å². The van der Waals surface area contributed by atoms with Gasteiger partial charge in [0.05, 0.1) is 18.4 Å². The van der Waals surface area contributed by atoms with Crippen LogP contribution in [-0.2, 0) is 6.18 Å². The molecule has 0 aliphatic heterocycles. The van der Waals surface area contributed by atoms with Gasteiger partial charge in [-0.2, -0.15) is 13.2 Å². The number of nitrogens with zero attached hydrogens (tertiary/aromatic N) is 2. The van der Waals surface area contributed by atoms with Crippen molar-refractivity contribution < 1.29 is 22.6 Å². The Bertz CT molecular complexity index is 777. The minimum Gasteiger partial charge on any atom is -0.491 e. The number of methoxy groups -OCH3 is 1. The first-order valence-corrected chi connectivity index (χ1v) is 8.51. The van der Waals surface area contributed by atoms with Gasteiger partial charge in [0.25, 0.3) is 0 Å². The molecule has 5 nitrogen and oxygen atoms in total. The van der Waals surface area contributed by atoms with Crippen molar-refractivity contribution in [3.8, 4) is 22.9 Å². The van der Waals surface area contributed by atoms with Crippen LogP contribution < -0.4 is 15.2 Å². The molecule has 0 aliphatic rings. The van der Waals surface area contributed by atoms with E-state index < -0.39 is 17.3 Å². The molecule has 1 atom stereocenters. The van der Waals surface area contributed by atoms with Gasteiger partial charge in [0.1, 0.15) is 18.7 Å². The van der Waals surface area contributed by atoms with Gasteiger partial charge in [0.15, 0.2) is 0 Å². The van der Waals surface area contributed by atoms with E-state index in [1.807, 2.05) is 13.8 Å². The Balaban J connectivity index is 2.33. The molecule has 2 rings (SSSR count). The third-order valence-electron chi connectivity index (χ3n) is 3.86. The standard InChI is InChI=1S/C19H24F3N3O2/c1-12(2)9-18(3,23)10-27-16-6-5-13(7-14(16)19(20,21)22)15-8-17(26-4)25-11-24-15/h5-8,11-12H,9-10,23H2,1-4H3/t18-/m0/s1. The summed E-state index contributed by atoms with van der Waals surface area (Å²) in [6.07, 6.45) is -2.71. The summed E-state index contributed by atoms with van der Waals surface area (Å²) in [5.74, 6) is 0.315. The molecule has 0 radical (unpaired) electrons. The molecule has 1 heterocycles. The maximum absolute atomic E-state index is 13.6. The van der Waals surface area contributed by atoms with Crippen molar-refractivity contribution in [2.24, 2.45) is 11.7 Å². The third-order valence-corrected chi connectivity index (χ3v) is 3.86. The van der Waals surface area contributed by atoms with Gasteiger partial charge < -0.3 is 15.2 Å². The normalized spacial score (nSPS) is 14.1. The van der Waals surface area contributed by atoms with Crippen LogP contribution in [0.3, 0.4) is 0 Å². The lowest BCUT2D eigenvalue weighted by atomic mass is 9.93.